The lowest BCUT2D eigenvalue weighted by atomic mass is 9.84. The Kier molecular flexibility index (Phi) is 31.3. The Hall–Kier alpha value is -12.5. The van der Waals surface area contributed by atoms with Crippen LogP contribution in [0.1, 0.15) is 138 Å². The van der Waals surface area contributed by atoms with Crippen molar-refractivity contribution in [2.24, 2.45) is 0 Å². The lowest BCUT2D eigenvalue weighted by Gasteiger charge is -2.28. The van der Waals surface area contributed by atoms with Crippen LogP contribution in [0, 0.1) is 0 Å². The lowest BCUT2D eigenvalue weighted by Crippen LogP contribution is -2.37. The fraction of sp³-hybridized carbons (Fsp3) is 0.463. The molecule has 0 spiro atoms. The fourth-order valence-corrected chi connectivity index (χ4v) is 13.5. The molecule has 0 atom stereocenters. The lowest BCUT2D eigenvalue weighted by molar-refractivity contribution is -0.144. The molecule has 0 radical (unpaired) electrons. The number of nitrogens with one attached hydrogen (secondary N) is 3. The first-order chi connectivity index (χ1) is 58.2. The average molecular weight is 1730 g/mol. The van der Waals surface area contributed by atoms with E-state index < -0.39 is 41.3 Å². The Morgan fingerprint density at radius 3 is 1.65 bits per heavy atom. The number of carbonyl (C=O) groups excluding carboxylic acids is 5. The minimum absolute atomic E-state index is 0.0450. The molecule has 3 fully saturated rings. The van der Waals surface area contributed by atoms with Crippen molar-refractivity contribution in [1.82, 2.24) is 78.1 Å². The molecule has 2 amide bonds. The van der Waals surface area contributed by atoms with Crippen LogP contribution in [0.3, 0.4) is 0 Å². The number of ether oxygens (including phenoxy) is 8. The van der Waals surface area contributed by atoms with Gasteiger partial charge in [0.15, 0.2) is 62.1 Å². The van der Waals surface area contributed by atoms with Gasteiger partial charge in [-0.1, -0.05) is 103 Å². The van der Waals surface area contributed by atoms with Gasteiger partial charge in [0.2, 0.25) is 23.8 Å². The van der Waals surface area contributed by atoms with Gasteiger partial charge >= 0.3 is 36.1 Å². The molecule has 0 bridgehead atoms. The second-order valence-electron chi connectivity index (χ2n) is 30.1. The zero-order valence-corrected chi connectivity index (χ0v) is 71.3. The first kappa shape index (κ1) is 89.3. The topological polar surface area (TPSA) is 443 Å². The number of amides is 2. The third kappa shape index (κ3) is 25.5. The van der Waals surface area contributed by atoms with Crippen molar-refractivity contribution in [2.75, 3.05) is 115 Å². The van der Waals surface area contributed by atoms with Gasteiger partial charge in [-0.05, 0) is 129 Å². The molecule has 644 valence electrons. The number of carbonyl (C=O) groups is 6. The summed E-state index contributed by atoms with van der Waals surface area (Å²) in [5.41, 5.74) is 11.3. The third-order valence-corrected chi connectivity index (χ3v) is 19.0. The largest absolute Gasteiger partial charge is 0.480 e. The number of fused-ring (bicyclic) bond motifs is 4. The van der Waals surface area contributed by atoms with Crippen molar-refractivity contribution < 1.29 is 71.8 Å². The van der Waals surface area contributed by atoms with Gasteiger partial charge in [0.25, 0.3) is 5.88 Å². The molecule has 1 saturated carbocycles. The number of unbranched alkanes of at least 4 members (excludes halogenated alkanes) is 2. The van der Waals surface area contributed by atoms with E-state index in [1.165, 1.54) is 66.1 Å². The maximum Gasteiger partial charge on any atom is 0.417 e. The molecule has 39 heteroatoms. The van der Waals surface area contributed by atoms with E-state index in [1.807, 2.05) is 80.3 Å². The standard InChI is InChI=1S/C33H38BrN5O5.C18H26N6O5.C18H22N6O2.C13H18N6O3/c1-5-42-27(40)20-38-21-35-28-29(38)36-31(37-30(28)43-26-13-9-12-25(34)18-26)39(32(41)44-33(2,3)4)19-22-14-16-24(17-15-22)23-10-7-6-8-11-23;1-5-28-12(25)10-24-11-19-13-14(23-6-8-27-9-7-23)20-16(21-15(13)24)22-17(26)29-18(2,3)4;1-2-3-7-10-19-18-22-16(21-13-8-5-4-6-9-13)15-17(23-18)24(12-20-15)11-14(25)26;1-2-22-9(20)7-19-8-15-10-11(16-13(14)17-12(10)19)18-3-5-21-6-4-18/h9,12-18,21,23H,5-8,10-11,19-20H2,1-4H3;11H,5-10H2,1-4H3,(H,20,21,22,26);4-6,8-9,12H,2-3,7,10-11H2,1H3,(H,25,26)(H2,19,21,22,23);8H,2-7H2,1H3,(H2,14,16,17). The van der Waals surface area contributed by atoms with E-state index in [9.17, 15) is 28.8 Å². The molecule has 6 N–H and O–H groups in total. The normalized spacial score (nSPS) is 13.7. The molecule has 10 heterocycles. The average Bonchev–Trinajstić information content (AvgIpc) is 1.70. The number of nitrogens with zero attached hydrogens (tertiary/aromatic N) is 19. The number of benzene rings is 3. The molecular weight excluding hydrogens is 1630 g/mol. The Balaban J connectivity index is 0.000000163. The Morgan fingerprint density at radius 2 is 1.10 bits per heavy atom. The summed E-state index contributed by atoms with van der Waals surface area (Å²) < 4.78 is 50.2. The number of nitrogens with two attached hydrogens (primary N) is 1. The van der Waals surface area contributed by atoms with E-state index in [2.05, 4.69) is 111 Å². The highest BCUT2D eigenvalue weighted by Gasteiger charge is 2.31. The maximum atomic E-state index is 13.7. The van der Waals surface area contributed by atoms with Crippen molar-refractivity contribution in [2.45, 2.75) is 170 Å². The van der Waals surface area contributed by atoms with Crippen LogP contribution < -0.4 is 41.1 Å². The van der Waals surface area contributed by atoms with Crippen LogP contribution in [0.4, 0.5) is 56.5 Å². The first-order valence-corrected chi connectivity index (χ1v) is 41.1. The number of aliphatic carboxylic acids is 1. The summed E-state index contributed by atoms with van der Waals surface area (Å²) in [4.78, 5) is 132. The number of hydrogen-bond acceptors (Lipinski definition) is 31. The predicted molar refractivity (Wildman–Crippen MR) is 456 cm³/mol. The number of morpholine rings is 2. The number of para-hydroxylation sites is 1. The number of rotatable bonds is 27. The molecule has 2 aliphatic heterocycles. The summed E-state index contributed by atoms with van der Waals surface area (Å²) in [5.74, 6) is 1.59. The molecule has 1 aliphatic carbocycles. The van der Waals surface area contributed by atoms with Crippen molar-refractivity contribution >= 4 is 144 Å². The van der Waals surface area contributed by atoms with E-state index in [1.54, 1.807) is 73.7 Å². The van der Waals surface area contributed by atoms with Crippen LogP contribution in [0.15, 0.2) is 109 Å². The number of nitrogen functional groups attached to an aromatic ring is 1. The summed E-state index contributed by atoms with van der Waals surface area (Å²) in [6, 6.07) is 25.3. The van der Waals surface area contributed by atoms with Gasteiger partial charge in [-0.15, -0.1) is 0 Å². The van der Waals surface area contributed by atoms with Crippen LogP contribution in [-0.4, -0.2) is 209 Å². The summed E-state index contributed by atoms with van der Waals surface area (Å²) in [5, 5.41) is 18.1. The Morgan fingerprint density at radius 1 is 0.570 bits per heavy atom. The van der Waals surface area contributed by atoms with E-state index in [-0.39, 0.29) is 75.6 Å². The number of aromatic nitrogens is 16. The van der Waals surface area contributed by atoms with E-state index in [0.717, 1.165) is 54.6 Å². The Bertz CT molecular complexity index is 5330. The van der Waals surface area contributed by atoms with Crippen LogP contribution in [0.2, 0.25) is 0 Å². The molecular formula is C82H104BrN23O15. The van der Waals surface area contributed by atoms with Crippen molar-refractivity contribution in [3.8, 4) is 11.6 Å². The smallest absolute Gasteiger partial charge is 0.417 e. The second-order valence-corrected chi connectivity index (χ2v) is 31.1. The zero-order chi connectivity index (χ0) is 86.2. The number of esters is 3. The van der Waals surface area contributed by atoms with Crippen LogP contribution >= 0.6 is 15.9 Å². The summed E-state index contributed by atoms with van der Waals surface area (Å²) in [6.07, 6.45) is 14.3. The number of hydrogen-bond donors (Lipinski definition) is 5. The van der Waals surface area contributed by atoms with Gasteiger partial charge < -0.3 is 87.4 Å². The molecule has 38 nitrogen and oxygen atoms in total. The summed E-state index contributed by atoms with van der Waals surface area (Å²) in [6.45, 7) is 24.7. The monoisotopic (exact) mass is 1730 g/mol. The molecule has 14 rings (SSSR count). The van der Waals surface area contributed by atoms with Gasteiger partial charge in [-0.25, -0.2) is 34.4 Å². The highest BCUT2D eigenvalue weighted by molar-refractivity contribution is 9.10. The number of carboxylic acids is 1. The van der Waals surface area contributed by atoms with Crippen LogP contribution in [0.25, 0.3) is 44.7 Å². The second kappa shape index (κ2) is 42.4. The molecule has 121 heavy (non-hydrogen) atoms. The van der Waals surface area contributed by atoms with Gasteiger partial charge in [0.1, 0.15) is 43.1 Å². The fourth-order valence-electron chi connectivity index (χ4n) is 13.1. The highest BCUT2D eigenvalue weighted by Crippen LogP contribution is 2.36. The highest BCUT2D eigenvalue weighted by atomic mass is 79.9. The van der Waals surface area contributed by atoms with Gasteiger partial charge in [0.05, 0.1) is 78.1 Å². The quantitative estimate of drug-likeness (QED) is 0.0181. The number of imidazole rings is 4. The first-order valence-electron chi connectivity index (χ1n) is 40.3. The number of anilines is 8. The molecule has 0 unspecified atom stereocenters. The van der Waals surface area contributed by atoms with Crippen molar-refractivity contribution in [1.29, 1.82) is 0 Å². The predicted octanol–water partition coefficient (Wildman–Crippen LogP) is 12.6. The Labute approximate surface area is 707 Å². The van der Waals surface area contributed by atoms with E-state index >= 15 is 0 Å². The van der Waals surface area contributed by atoms with Gasteiger partial charge in [-0.3, -0.25) is 24.5 Å². The van der Waals surface area contributed by atoms with E-state index in [4.69, 9.17) is 53.7 Å². The number of carboxylic acid groups (broad SMARTS) is 1. The number of halogens is 1. The molecule has 11 aromatic rings. The van der Waals surface area contributed by atoms with Crippen LogP contribution in [-0.2, 0) is 85.1 Å². The zero-order valence-electron chi connectivity index (χ0n) is 69.7. The molecule has 3 aliphatic rings. The van der Waals surface area contributed by atoms with Crippen LogP contribution in [0.5, 0.6) is 11.6 Å². The SMILES string of the molecule is CCCCCNc1nc(Nc2ccccc2)c2ncn(CC(=O)O)c2n1.CCOC(=O)Cn1cnc2c(N3CCOCC3)nc(N)nc21.CCOC(=O)Cn1cnc2c(N3CCOCC3)nc(NC(=O)OC(C)(C)C)nc21.CCOC(=O)Cn1cnc2c(Oc3cccc(Br)c3)nc(N(Cc3ccc(C4CCCCC4)cc3)C(=O)OC(C)(C)C)nc21. The minimum atomic E-state index is -0.946. The minimum Gasteiger partial charge on any atom is -0.480 e. The molecule has 3 aromatic carbocycles. The van der Waals surface area contributed by atoms with Gasteiger partial charge in [-0.2, -0.15) is 39.9 Å². The van der Waals surface area contributed by atoms with Crippen molar-refractivity contribution in [3.05, 3.63) is 120 Å². The third-order valence-electron chi connectivity index (χ3n) is 18.5. The molecule has 2 saturated heterocycles. The summed E-state index contributed by atoms with van der Waals surface area (Å²) >= 11 is 3.47. The van der Waals surface area contributed by atoms with Gasteiger partial charge in [0, 0.05) is 42.9 Å². The summed E-state index contributed by atoms with van der Waals surface area (Å²) in [7, 11) is 0. The van der Waals surface area contributed by atoms with Crippen molar-refractivity contribution in [3.63, 3.8) is 0 Å². The maximum absolute atomic E-state index is 13.7. The molecule has 8 aromatic heterocycles. The van der Waals surface area contributed by atoms with E-state index in [0.29, 0.717) is 126 Å².